The Labute approximate surface area is 148 Å². The van der Waals surface area contributed by atoms with Gasteiger partial charge < -0.3 is 16.0 Å². The molecule has 5 nitrogen and oxygen atoms in total. The smallest absolute Gasteiger partial charge is 0.251 e. The van der Waals surface area contributed by atoms with Gasteiger partial charge in [-0.1, -0.05) is 18.2 Å². The van der Waals surface area contributed by atoms with Crippen LogP contribution < -0.4 is 11.1 Å². The summed E-state index contributed by atoms with van der Waals surface area (Å²) in [6.45, 7) is 3.25. The quantitative estimate of drug-likeness (QED) is 0.821. The number of nitrogens with two attached hydrogens (primary N) is 1. The maximum atomic E-state index is 12.4. The number of nitrogens with one attached hydrogen (secondary N) is 1. The van der Waals surface area contributed by atoms with Crippen LogP contribution >= 0.6 is 11.8 Å². The van der Waals surface area contributed by atoms with Gasteiger partial charge in [-0.15, -0.1) is 0 Å². The highest BCUT2D eigenvalue weighted by atomic mass is 32.2. The number of rotatable bonds is 6. The van der Waals surface area contributed by atoms with E-state index in [-0.39, 0.29) is 17.9 Å². The van der Waals surface area contributed by atoms with E-state index in [2.05, 4.69) is 5.32 Å². The summed E-state index contributed by atoms with van der Waals surface area (Å²) in [6, 6.07) is 7.29. The highest BCUT2D eigenvalue weighted by Gasteiger charge is 2.27. The Kier molecular flexibility index (Phi) is 7.12. The number of piperidine rings is 1. The van der Waals surface area contributed by atoms with Gasteiger partial charge in [-0.05, 0) is 49.8 Å². The topological polar surface area (TPSA) is 75.4 Å². The van der Waals surface area contributed by atoms with E-state index >= 15 is 0 Å². The summed E-state index contributed by atoms with van der Waals surface area (Å²) in [4.78, 5) is 26.5. The fraction of sp³-hybridized carbons (Fsp3) is 0.556. The summed E-state index contributed by atoms with van der Waals surface area (Å²) in [6.07, 6.45) is 4.28. The lowest BCUT2D eigenvalue weighted by Gasteiger charge is -2.34. The van der Waals surface area contributed by atoms with Crippen LogP contribution in [-0.2, 0) is 4.79 Å². The third-order valence-electron chi connectivity index (χ3n) is 4.48. The summed E-state index contributed by atoms with van der Waals surface area (Å²) < 4.78 is 0. The molecule has 132 valence electrons. The molecule has 24 heavy (non-hydrogen) atoms. The minimum absolute atomic E-state index is 0.0328. The molecule has 0 aliphatic carbocycles. The molecule has 1 aromatic carbocycles. The van der Waals surface area contributed by atoms with Crippen LogP contribution in [0.5, 0.6) is 0 Å². The van der Waals surface area contributed by atoms with Crippen LogP contribution in [0.25, 0.3) is 0 Å². The highest BCUT2D eigenvalue weighted by Crippen LogP contribution is 2.14. The molecule has 3 N–H and O–H groups in total. The van der Waals surface area contributed by atoms with Gasteiger partial charge in [-0.3, -0.25) is 9.59 Å². The lowest BCUT2D eigenvalue weighted by Crippen LogP contribution is -2.51. The van der Waals surface area contributed by atoms with E-state index < -0.39 is 6.04 Å². The van der Waals surface area contributed by atoms with E-state index in [1.165, 1.54) is 0 Å². The zero-order valence-electron chi connectivity index (χ0n) is 14.5. The van der Waals surface area contributed by atoms with Crippen molar-refractivity contribution < 1.29 is 9.59 Å². The van der Waals surface area contributed by atoms with Crippen molar-refractivity contribution in [2.24, 2.45) is 5.73 Å². The normalized spacial score (nSPS) is 16.7. The summed E-state index contributed by atoms with van der Waals surface area (Å²) in [7, 11) is 0. The second kappa shape index (κ2) is 9.08. The molecule has 1 aliphatic heterocycles. The van der Waals surface area contributed by atoms with Crippen molar-refractivity contribution in [1.29, 1.82) is 0 Å². The maximum absolute atomic E-state index is 12.4. The first-order valence-corrected chi connectivity index (χ1v) is 9.82. The van der Waals surface area contributed by atoms with Crippen molar-refractivity contribution in [2.75, 3.05) is 25.1 Å². The molecule has 0 saturated carbocycles. The molecular formula is C18H27N3O2S. The Balaban J connectivity index is 1.81. The number of carbonyl (C=O) groups excluding carboxylic acids is 2. The number of carbonyl (C=O) groups is 2. The molecule has 1 fully saturated rings. The first kappa shape index (κ1) is 18.8. The minimum atomic E-state index is -0.407. The monoisotopic (exact) mass is 349 g/mol. The van der Waals surface area contributed by atoms with E-state index in [9.17, 15) is 9.59 Å². The predicted molar refractivity (Wildman–Crippen MR) is 99.2 cm³/mol. The number of likely N-dealkylation sites (tertiary alicyclic amines) is 1. The molecule has 1 aromatic rings. The molecule has 0 spiro atoms. The lowest BCUT2D eigenvalue weighted by molar-refractivity contribution is -0.133. The molecule has 0 aromatic heterocycles. The summed E-state index contributed by atoms with van der Waals surface area (Å²) in [5, 5.41) is 3.09. The SMILES string of the molecule is CSCCC(N)C(=O)N1CCC(NC(=O)c2ccccc2C)CC1. The van der Waals surface area contributed by atoms with E-state index in [0.717, 1.165) is 29.7 Å². The van der Waals surface area contributed by atoms with Gasteiger partial charge in [0.05, 0.1) is 6.04 Å². The second-order valence-electron chi connectivity index (χ2n) is 6.28. The molecule has 0 bridgehead atoms. The summed E-state index contributed by atoms with van der Waals surface area (Å²) >= 11 is 1.70. The average Bonchev–Trinajstić information content (AvgIpc) is 2.60. The van der Waals surface area contributed by atoms with Gasteiger partial charge in [0.2, 0.25) is 5.91 Å². The fourth-order valence-electron chi connectivity index (χ4n) is 2.94. The van der Waals surface area contributed by atoms with Gasteiger partial charge in [-0.25, -0.2) is 0 Å². The Morgan fingerprint density at radius 1 is 1.33 bits per heavy atom. The minimum Gasteiger partial charge on any atom is -0.349 e. The van der Waals surface area contributed by atoms with Crippen LogP contribution in [0.1, 0.15) is 35.2 Å². The standard InChI is InChI=1S/C18H27N3O2S/c1-13-5-3-4-6-15(13)17(22)20-14-7-10-21(11-8-14)18(23)16(19)9-12-24-2/h3-6,14,16H,7-12,19H2,1-2H3,(H,20,22). The molecular weight excluding hydrogens is 322 g/mol. The number of thioether (sulfide) groups is 1. The van der Waals surface area contributed by atoms with Crippen molar-refractivity contribution in [3.63, 3.8) is 0 Å². The average molecular weight is 350 g/mol. The summed E-state index contributed by atoms with van der Waals surface area (Å²) in [5.74, 6) is 0.901. The zero-order chi connectivity index (χ0) is 17.5. The first-order valence-electron chi connectivity index (χ1n) is 8.42. The molecule has 1 heterocycles. The van der Waals surface area contributed by atoms with Crippen LogP contribution in [-0.4, -0.2) is 53.9 Å². The van der Waals surface area contributed by atoms with Crippen LogP contribution in [0.4, 0.5) is 0 Å². The number of amides is 2. The van der Waals surface area contributed by atoms with Gasteiger partial charge in [0, 0.05) is 24.7 Å². The molecule has 1 saturated heterocycles. The number of hydrogen-bond donors (Lipinski definition) is 2. The molecule has 1 atom stereocenters. The van der Waals surface area contributed by atoms with Crippen LogP contribution in [0, 0.1) is 6.92 Å². The van der Waals surface area contributed by atoms with E-state index in [4.69, 9.17) is 5.73 Å². The maximum Gasteiger partial charge on any atom is 0.251 e. The molecule has 0 radical (unpaired) electrons. The Morgan fingerprint density at radius 3 is 2.62 bits per heavy atom. The summed E-state index contributed by atoms with van der Waals surface area (Å²) in [5.41, 5.74) is 7.66. The lowest BCUT2D eigenvalue weighted by atomic mass is 10.0. The number of nitrogens with zero attached hydrogens (tertiary/aromatic N) is 1. The van der Waals surface area contributed by atoms with Gasteiger partial charge in [0.1, 0.15) is 0 Å². The first-order chi connectivity index (χ1) is 11.5. The zero-order valence-corrected chi connectivity index (χ0v) is 15.3. The Hall–Kier alpha value is -1.53. The van der Waals surface area contributed by atoms with E-state index in [1.54, 1.807) is 11.8 Å². The van der Waals surface area contributed by atoms with Crippen molar-refractivity contribution in [3.05, 3.63) is 35.4 Å². The third-order valence-corrected chi connectivity index (χ3v) is 5.13. The predicted octanol–water partition coefficient (Wildman–Crippen LogP) is 1.80. The number of hydrogen-bond acceptors (Lipinski definition) is 4. The van der Waals surface area contributed by atoms with E-state index in [0.29, 0.717) is 19.5 Å². The van der Waals surface area contributed by atoms with Crippen molar-refractivity contribution >= 4 is 23.6 Å². The van der Waals surface area contributed by atoms with E-state index in [1.807, 2.05) is 42.3 Å². The molecule has 2 amide bonds. The Morgan fingerprint density at radius 2 is 2.00 bits per heavy atom. The van der Waals surface area contributed by atoms with Gasteiger partial charge in [-0.2, -0.15) is 11.8 Å². The largest absolute Gasteiger partial charge is 0.349 e. The molecule has 6 heteroatoms. The van der Waals surface area contributed by atoms with Crippen LogP contribution in [0.2, 0.25) is 0 Å². The van der Waals surface area contributed by atoms with Crippen LogP contribution in [0.15, 0.2) is 24.3 Å². The second-order valence-corrected chi connectivity index (χ2v) is 7.26. The fourth-order valence-corrected chi connectivity index (χ4v) is 3.43. The molecule has 2 rings (SSSR count). The Bertz CT molecular complexity index is 571. The van der Waals surface area contributed by atoms with Crippen LogP contribution in [0.3, 0.4) is 0 Å². The molecule has 1 unspecified atom stereocenters. The van der Waals surface area contributed by atoms with Gasteiger partial charge in [0.25, 0.3) is 5.91 Å². The number of benzene rings is 1. The highest BCUT2D eigenvalue weighted by molar-refractivity contribution is 7.98. The molecule has 1 aliphatic rings. The van der Waals surface area contributed by atoms with Gasteiger partial charge in [0.15, 0.2) is 0 Å². The van der Waals surface area contributed by atoms with Gasteiger partial charge >= 0.3 is 0 Å². The third kappa shape index (κ3) is 4.98. The number of aryl methyl sites for hydroxylation is 1. The van der Waals surface area contributed by atoms with Crippen molar-refractivity contribution in [2.45, 2.75) is 38.3 Å². The van der Waals surface area contributed by atoms with Crippen molar-refractivity contribution in [3.8, 4) is 0 Å². The van der Waals surface area contributed by atoms with Crippen molar-refractivity contribution in [1.82, 2.24) is 10.2 Å².